The van der Waals surface area contributed by atoms with Gasteiger partial charge in [0.15, 0.2) is 0 Å². The minimum atomic E-state index is -3.42. The van der Waals surface area contributed by atoms with Gasteiger partial charge in [0.1, 0.15) is 0 Å². The average Bonchev–Trinajstić information content (AvgIpc) is 2.66. The minimum Gasteiger partial charge on any atom is -0.341 e. The smallest absolute Gasteiger partial charge is 0.252 e. The van der Waals surface area contributed by atoms with E-state index in [-0.39, 0.29) is 11.9 Å². The van der Waals surface area contributed by atoms with Gasteiger partial charge in [0.2, 0.25) is 10.0 Å². The summed E-state index contributed by atoms with van der Waals surface area (Å²) >= 11 is 0. The van der Waals surface area contributed by atoms with Crippen LogP contribution in [0.2, 0.25) is 0 Å². The van der Waals surface area contributed by atoms with Gasteiger partial charge in [-0.05, 0) is 41.5 Å². The van der Waals surface area contributed by atoms with Crippen LogP contribution >= 0.6 is 0 Å². The van der Waals surface area contributed by atoms with Crippen molar-refractivity contribution in [1.82, 2.24) is 10.3 Å². The molecule has 0 radical (unpaired) electrons. The quantitative estimate of drug-likeness (QED) is 0.687. The van der Waals surface area contributed by atoms with Crippen molar-refractivity contribution in [2.45, 2.75) is 6.04 Å². The molecule has 0 fully saturated rings. The molecule has 3 aromatic rings. The second-order valence-corrected chi connectivity index (χ2v) is 7.80. The predicted molar refractivity (Wildman–Crippen MR) is 105 cm³/mol. The van der Waals surface area contributed by atoms with Gasteiger partial charge in [-0.25, -0.2) is 8.42 Å². The number of pyridine rings is 1. The molecule has 0 aliphatic carbocycles. The van der Waals surface area contributed by atoms with Crippen LogP contribution in [0.1, 0.15) is 27.5 Å². The third-order valence-corrected chi connectivity index (χ3v) is 4.48. The number of nitrogens with zero attached hydrogens (tertiary/aromatic N) is 1. The molecule has 1 atom stereocenters. The van der Waals surface area contributed by atoms with Gasteiger partial charge in [-0.3, -0.25) is 14.5 Å². The molecule has 1 aromatic heterocycles. The number of benzene rings is 2. The molecule has 0 aliphatic rings. The first-order valence-corrected chi connectivity index (χ1v) is 10.1. The van der Waals surface area contributed by atoms with Crippen molar-refractivity contribution in [2.75, 3.05) is 11.0 Å². The Labute approximate surface area is 158 Å². The monoisotopic (exact) mass is 381 g/mol. The third-order valence-electron chi connectivity index (χ3n) is 3.88. The first-order valence-electron chi connectivity index (χ1n) is 8.26. The highest BCUT2D eigenvalue weighted by Gasteiger charge is 2.18. The Morgan fingerprint density at radius 1 is 0.926 bits per heavy atom. The summed E-state index contributed by atoms with van der Waals surface area (Å²) in [7, 11) is -3.42. The fraction of sp³-hybridized carbons (Fsp3) is 0.100. The average molecular weight is 381 g/mol. The SMILES string of the molecule is CS(=O)(=O)Nc1cccc(C(=O)NC(c2ccccc2)c2ccncc2)c1. The van der Waals surface area contributed by atoms with Gasteiger partial charge >= 0.3 is 0 Å². The standard InChI is InChI=1S/C20H19N3O3S/c1-27(25,26)23-18-9-5-8-17(14-18)20(24)22-19(15-6-3-2-4-7-15)16-10-12-21-13-11-16/h2-14,19,23H,1H3,(H,22,24). The molecule has 1 amide bonds. The number of hydrogen-bond donors (Lipinski definition) is 2. The van der Waals surface area contributed by atoms with Gasteiger partial charge in [0, 0.05) is 23.6 Å². The number of carbonyl (C=O) groups excluding carboxylic acids is 1. The largest absolute Gasteiger partial charge is 0.341 e. The zero-order valence-corrected chi connectivity index (χ0v) is 15.5. The highest BCUT2D eigenvalue weighted by atomic mass is 32.2. The predicted octanol–water partition coefficient (Wildman–Crippen LogP) is 2.97. The summed E-state index contributed by atoms with van der Waals surface area (Å²) in [4.78, 5) is 16.8. The first kappa shape index (κ1) is 18.6. The van der Waals surface area contributed by atoms with E-state index in [4.69, 9.17) is 0 Å². The molecule has 0 spiro atoms. The summed E-state index contributed by atoms with van der Waals surface area (Å²) in [6, 6.07) is 19.3. The summed E-state index contributed by atoms with van der Waals surface area (Å²) in [6.45, 7) is 0. The number of rotatable bonds is 6. The maximum Gasteiger partial charge on any atom is 0.252 e. The van der Waals surface area contributed by atoms with E-state index in [1.54, 1.807) is 30.6 Å². The lowest BCUT2D eigenvalue weighted by Gasteiger charge is -2.20. The van der Waals surface area contributed by atoms with E-state index in [9.17, 15) is 13.2 Å². The van der Waals surface area contributed by atoms with Gasteiger partial charge in [0.25, 0.3) is 5.91 Å². The molecule has 3 rings (SSSR count). The van der Waals surface area contributed by atoms with Crippen LogP contribution in [-0.4, -0.2) is 25.6 Å². The summed E-state index contributed by atoms with van der Waals surface area (Å²) in [5.41, 5.74) is 2.53. The van der Waals surface area contributed by atoms with Gasteiger partial charge in [0.05, 0.1) is 12.3 Å². The van der Waals surface area contributed by atoms with Crippen molar-refractivity contribution in [3.63, 3.8) is 0 Å². The van der Waals surface area contributed by atoms with Crippen LogP contribution in [0.15, 0.2) is 79.1 Å². The normalized spacial score (nSPS) is 12.2. The molecule has 0 saturated heterocycles. The van der Waals surface area contributed by atoms with E-state index < -0.39 is 10.0 Å². The number of hydrogen-bond acceptors (Lipinski definition) is 4. The Morgan fingerprint density at radius 3 is 2.26 bits per heavy atom. The molecule has 0 bridgehead atoms. The zero-order valence-electron chi connectivity index (χ0n) is 14.7. The summed E-state index contributed by atoms with van der Waals surface area (Å²) < 4.78 is 25.2. The van der Waals surface area contributed by atoms with Gasteiger partial charge in [-0.15, -0.1) is 0 Å². The maximum atomic E-state index is 12.8. The molecule has 6 nitrogen and oxygen atoms in total. The highest BCUT2D eigenvalue weighted by molar-refractivity contribution is 7.92. The number of anilines is 1. The summed E-state index contributed by atoms with van der Waals surface area (Å²) in [6.07, 6.45) is 4.41. The number of carbonyl (C=O) groups is 1. The fourth-order valence-corrected chi connectivity index (χ4v) is 3.27. The van der Waals surface area contributed by atoms with Crippen molar-refractivity contribution >= 4 is 21.6 Å². The highest BCUT2D eigenvalue weighted by Crippen LogP contribution is 2.22. The van der Waals surface area contributed by atoms with E-state index in [2.05, 4.69) is 15.0 Å². The Hall–Kier alpha value is -3.19. The second-order valence-electron chi connectivity index (χ2n) is 6.05. The van der Waals surface area contributed by atoms with Crippen molar-refractivity contribution < 1.29 is 13.2 Å². The van der Waals surface area contributed by atoms with Crippen molar-refractivity contribution in [2.24, 2.45) is 0 Å². The van der Waals surface area contributed by atoms with Gasteiger partial charge in [-0.2, -0.15) is 0 Å². The molecule has 1 heterocycles. The zero-order chi connectivity index (χ0) is 19.3. The number of amides is 1. The topological polar surface area (TPSA) is 88.2 Å². The molecule has 0 saturated carbocycles. The molecule has 0 aliphatic heterocycles. The van der Waals surface area contributed by atoms with Crippen LogP contribution in [0.25, 0.3) is 0 Å². The number of sulfonamides is 1. The van der Waals surface area contributed by atoms with E-state index in [0.29, 0.717) is 11.3 Å². The first-order chi connectivity index (χ1) is 12.9. The van der Waals surface area contributed by atoms with Gasteiger partial charge in [-0.1, -0.05) is 36.4 Å². The second kappa shape index (κ2) is 8.01. The van der Waals surface area contributed by atoms with Crippen molar-refractivity contribution in [3.8, 4) is 0 Å². The molecular weight excluding hydrogens is 362 g/mol. The van der Waals surface area contributed by atoms with E-state index >= 15 is 0 Å². The molecule has 7 heteroatoms. The summed E-state index contributed by atoms with van der Waals surface area (Å²) in [5, 5.41) is 3.01. The molecule has 27 heavy (non-hydrogen) atoms. The molecule has 2 N–H and O–H groups in total. The van der Waals surface area contributed by atoms with E-state index in [1.807, 2.05) is 42.5 Å². The van der Waals surface area contributed by atoms with Gasteiger partial charge < -0.3 is 5.32 Å². The Kier molecular flexibility index (Phi) is 5.52. The summed E-state index contributed by atoms with van der Waals surface area (Å²) in [5.74, 6) is -0.308. The Morgan fingerprint density at radius 2 is 1.59 bits per heavy atom. The minimum absolute atomic E-state index is 0.308. The van der Waals surface area contributed by atoms with E-state index in [0.717, 1.165) is 17.4 Å². The van der Waals surface area contributed by atoms with Crippen molar-refractivity contribution in [3.05, 3.63) is 95.8 Å². The van der Waals surface area contributed by atoms with Crippen LogP contribution in [0.5, 0.6) is 0 Å². The van der Waals surface area contributed by atoms with Crippen LogP contribution in [0, 0.1) is 0 Å². The lowest BCUT2D eigenvalue weighted by atomic mass is 9.99. The van der Waals surface area contributed by atoms with Crippen LogP contribution in [0.3, 0.4) is 0 Å². The fourth-order valence-electron chi connectivity index (χ4n) is 2.71. The van der Waals surface area contributed by atoms with Crippen LogP contribution < -0.4 is 10.0 Å². The van der Waals surface area contributed by atoms with Crippen LogP contribution in [-0.2, 0) is 10.0 Å². The van der Waals surface area contributed by atoms with Crippen molar-refractivity contribution in [1.29, 1.82) is 0 Å². The molecular formula is C20H19N3O3S. The molecule has 138 valence electrons. The number of nitrogens with one attached hydrogen (secondary N) is 2. The molecule has 2 aromatic carbocycles. The van der Waals surface area contributed by atoms with Crippen LogP contribution in [0.4, 0.5) is 5.69 Å². The Balaban J connectivity index is 1.88. The lowest BCUT2D eigenvalue weighted by Crippen LogP contribution is -2.29. The Bertz CT molecular complexity index is 983. The van der Waals surface area contributed by atoms with E-state index in [1.165, 1.54) is 6.07 Å². The third kappa shape index (κ3) is 5.15. The number of aromatic nitrogens is 1. The molecule has 1 unspecified atom stereocenters. The lowest BCUT2D eigenvalue weighted by molar-refractivity contribution is 0.0943. The maximum absolute atomic E-state index is 12.8.